The third-order valence-electron chi connectivity index (χ3n) is 4.06. The van der Waals surface area contributed by atoms with Crippen LogP contribution in [0, 0.1) is 0 Å². The summed E-state index contributed by atoms with van der Waals surface area (Å²) in [4.78, 5) is 2.53. The quantitative estimate of drug-likeness (QED) is 0.847. The lowest BCUT2D eigenvalue weighted by Crippen LogP contribution is -2.43. The Hall–Kier alpha value is -0.610. The van der Waals surface area contributed by atoms with E-state index in [4.69, 9.17) is 11.6 Å². The van der Waals surface area contributed by atoms with Crippen LogP contribution in [0.2, 0.25) is 5.02 Å². The van der Waals surface area contributed by atoms with Gasteiger partial charge in [-0.3, -0.25) is 4.90 Å². The summed E-state index contributed by atoms with van der Waals surface area (Å²) >= 11 is 6.09. The molecule has 0 aliphatic carbocycles. The predicted molar refractivity (Wildman–Crippen MR) is 84.2 cm³/mol. The van der Waals surface area contributed by atoms with Crippen molar-refractivity contribution in [3.05, 3.63) is 34.9 Å². The van der Waals surface area contributed by atoms with Gasteiger partial charge >= 0.3 is 0 Å². The summed E-state index contributed by atoms with van der Waals surface area (Å²) in [6, 6.07) is 8.00. The Balaban J connectivity index is 1.73. The summed E-state index contributed by atoms with van der Waals surface area (Å²) in [7, 11) is 0. The number of benzene rings is 1. The number of nitrogens with one attached hydrogen (secondary N) is 1. The first-order valence-electron chi connectivity index (χ1n) is 7.55. The lowest BCUT2D eigenvalue weighted by molar-refractivity contribution is 0.151. The first-order valence-corrected chi connectivity index (χ1v) is 7.93. The van der Waals surface area contributed by atoms with Gasteiger partial charge in [-0.05, 0) is 38.9 Å². The highest BCUT2D eigenvalue weighted by Crippen LogP contribution is 2.21. The van der Waals surface area contributed by atoms with E-state index < -0.39 is 6.10 Å². The largest absolute Gasteiger partial charge is 0.387 e. The number of nitrogens with zero attached hydrogens (tertiary/aromatic N) is 1. The zero-order chi connectivity index (χ0) is 14.4. The molecular formula is C16H25ClN2O. The Morgan fingerprint density at radius 3 is 2.60 bits per heavy atom. The lowest BCUT2D eigenvalue weighted by atomic mass is 10.1. The maximum atomic E-state index is 10.2. The highest BCUT2D eigenvalue weighted by atomic mass is 35.5. The minimum atomic E-state index is -0.544. The molecule has 1 aliphatic rings. The van der Waals surface area contributed by atoms with E-state index in [9.17, 15) is 5.11 Å². The van der Waals surface area contributed by atoms with Gasteiger partial charge in [0, 0.05) is 29.7 Å². The van der Waals surface area contributed by atoms with Crippen molar-refractivity contribution in [3.63, 3.8) is 0 Å². The molecule has 4 heteroatoms. The molecule has 2 atom stereocenters. The van der Waals surface area contributed by atoms with Gasteiger partial charge in [0.2, 0.25) is 0 Å². The van der Waals surface area contributed by atoms with E-state index in [1.54, 1.807) is 0 Å². The summed E-state index contributed by atoms with van der Waals surface area (Å²) in [6.45, 7) is 6.11. The van der Waals surface area contributed by atoms with Crippen molar-refractivity contribution in [2.24, 2.45) is 0 Å². The first-order chi connectivity index (χ1) is 9.68. The molecule has 0 bridgehead atoms. The molecule has 1 aliphatic heterocycles. The molecule has 0 aromatic heterocycles. The number of aliphatic hydroxyl groups is 1. The number of hydrogen-bond acceptors (Lipinski definition) is 3. The second-order valence-corrected chi connectivity index (χ2v) is 6.05. The third kappa shape index (κ3) is 4.45. The normalized spacial score (nSPS) is 19.8. The molecule has 0 amide bonds. The lowest BCUT2D eigenvalue weighted by Gasteiger charge is -2.32. The summed E-state index contributed by atoms with van der Waals surface area (Å²) in [5.41, 5.74) is 0.798. The topological polar surface area (TPSA) is 35.5 Å². The maximum absolute atomic E-state index is 10.2. The summed E-state index contributed by atoms with van der Waals surface area (Å²) < 4.78 is 0. The molecule has 0 saturated carbocycles. The molecule has 2 rings (SSSR count). The smallest absolute Gasteiger partial charge is 0.0928 e. The molecule has 0 radical (unpaired) electrons. The van der Waals surface area contributed by atoms with Crippen LogP contribution in [0.5, 0.6) is 0 Å². The summed E-state index contributed by atoms with van der Waals surface area (Å²) in [5, 5.41) is 14.2. The van der Waals surface area contributed by atoms with Crippen molar-refractivity contribution in [1.29, 1.82) is 0 Å². The Morgan fingerprint density at radius 2 is 1.90 bits per heavy atom. The van der Waals surface area contributed by atoms with Crippen molar-refractivity contribution in [2.75, 3.05) is 26.2 Å². The standard InChI is InChI=1S/C16H25ClN2O/c1-13(19-9-5-2-6-10-19)11-18-12-16(20)14-7-3-4-8-15(14)17/h3-4,7-8,13,16,18,20H,2,5-6,9-12H2,1H3. The number of likely N-dealkylation sites (tertiary alicyclic amines) is 1. The maximum Gasteiger partial charge on any atom is 0.0928 e. The van der Waals surface area contributed by atoms with Gasteiger partial charge in [-0.1, -0.05) is 36.2 Å². The van der Waals surface area contributed by atoms with E-state index in [-0.39, 0.29) is 0 Å². The van der Waals surface area contributed by atoms with Gasteiger partial charge in [0.15, 0.2) is 0 Å². The van der Waals surface area contributed by atoms with Crippen molar-refractivity contribution in [3.8, 4) is 0 Å². The van der Waals surface area contributed by atoms with Gasteiger partial charge in [-0.15, -0.1) is 0 Å². The monoisotopic (exact) mass is 296 g/mol. The van der Waals surface area contributed by atoms with E-state index >= 15 is 0 Å². The Labute approximate surface area is 126 Å². The van der Waals surface area contributed by atoms with Crippen molar-refractivity contribution in [1.82, 2.24) is 10.2 Å². The predicted octanol–water partition coefficient (Wildman–Crippen LogP) is 2.84. The van der Waals surface area contributed by atoms with E-state index in [1.807, 2.05) is 24.3 Å². The highest BCUT2D eigenvalue weighted by molar-refractivity contribution is 6.31. The molecule has 20 heavy (non-hydrogen) atoms. The van der Waals surface area contributed by atoms with Crippen molar-refractivity contribution >= 4 is 11.6 Å². The van der Waals surface area contributed by atoms with E-state index in [1.165, 1.54) is 32.4 Å². The van der Waals surface area contributed by atoms with Gasteiger partial charge in [0.25, 0.3) is 0 Å². The average molecular weight is 297 g/mol. The number of rotatable bonds is 6. The molecule has 1 heterocycles. The molecule has 2 unspecified atom stereocenters. The fourth-order valence-corrected chi connectivity index (χ4v) is 3.03. The SMILES string of the molecule is CC(CNCC(O)c1ccccc1Cl)N1CCCCC1. The van der Waals surface area contributed by atoms with Crippen molar-refractivity contribution in [2.45, 2.75) is 38.3 Å². The highest BCUT2D eigenvalue weighted by Gasteiger charge is 2.17. The number of halogens is 1. The van der Waals surface area contributed by atoms with Crippen LogP contribution in [0.15, 0.2) is 24.3 Å². The first kappa shape index (κ1) is 15.8. The van der Waals surface area contributed by atoms with Crippen LogP contribution in [0.3, 0.4) is 0 Å². The molecule has 0 spiro atoms. The minimum Gasteiger partial charge on any atom is -0.387 e. The number of piperidine rings is 1. The zero-order valence-corrected chi connectivity index (χ0v) is 12.9. The van der Waals surface area contributed by atoms with Crippen LogP contribution in [0.1, 0.15) is 37.9 Å². The Morgan fingerprint density at radius 1 is 1.20 bits per heavy atom. The van der Waals surface area contributed by atoms with Crippen LogP contribution in [-0.4, -0.2) is 42.2 Å². The molecule has 2 N–H and O–H groups in total. The fourth-order valence-electron chi connectivity index (χ4n) is 2.77. The van der Waals surface area contributed by atoms with Crippen molar-refractivity contribution < 1.29 is 5.11 Å². The second-order valence-electron chi connectivity index (χ2n) is 5.64. The fraction of sp³-hybridized carbons (Fsp3) is 0.625. The molecule has 1 fully saturated rings. The molecule has 1 aromatic rings. The molecule has 1 saturated heterocycles. The molecule has 3 nitrogen and oxygen atoms in total. The van der Waals surface area contributed by atoms with Gasteiger partial charge < -0.3 is 10.4 Å². The van der Waals surface area contributed by atoms with Gasteiger partial charge in [-0.2, -0.15) is 0 Å². The van der Waals surface area contributed by atoms with Gasteiger partial charge in [0.1, 0.15) is 0 Å². The number of hydrogen-bond donors (Lipinski definition) is 2. The third-order valence-corrected chi connectivity index (χ3v) is 4.40. The van der Waals surface area contributed by atoms with E-state index in [2.05, 4.69) is 17.1 Å². The van der Waals surface area contributed by atoms with Gasteiger partial charge in [-0.25, -0.2) is 0 Å². The number of aliphatic hydroxyl groups excluding tert-OH is 1. The average Bonchev–Trinajstić information content (AvgIpc) is 2.48. The zero-order valence-electron chi connectivity index (χ0n) is 12.2. The van der Waals surface area contributed by atoms with E-state index in [0.29, 0.717) is 17.6 Å². The molecule has 112 valence electrons. The van der Waals surface area contributed by atoms with Crippen LogP contribution < -0.4 is 5.32 Å². The van der Waals surface area contributed by atoms with Crippen LogP contribution in [-0.2, 0) is 0 Å². The summed E-state index contributed by atoms with van der Waals surface area (Å²) in [6.07, 6.45) is 3.44. The second kappa shape index (κ2) is 7.99. The Kier molecular flexibility index (Phi) is 6.30. The Bertz CT molecular complexity index is 407. The van der Waals surface area contributed by atoms with E-state index in [0.717, 1.165) is 12.1 Å². The summed E-state index contributed by atoms with van der Waals surface area (Å²) in [5.74, 6) is 0. The molecular weight excluding hydrogens is 272 g/mol. The van der Waals surface area contributed by atoms with Crippen LogP contribution in [0.25, 0.3) is 0 Å². The molecule has 1 aromatic carbocycles. The van der Waals surface area contributed by atoms with Gasteiger partial charge in [0.05, 0.1) is 6.10 Å². The minimum absolute atomic E-state index is 0.522. The van der Waals surface area contributed by atoms with Crippen LogP contribution >= 0.6 is 11.6 Å². The van der Waals surface area contributed by atoms with Crippen LogP contribution in [0.4, 0.5) is 0 Å².